The van der Waals surface area contributed by atoms with Gasteiger partial charge in [-0.05, 0) is 30.5 Å². The lowest BCUT2D eigenvalue weighted by molar-refractivity contribution is 0.459. The van der Waals surface area contributed by atoms with Gasteiger partial charge in [-0.2, -0.15) is 0 Å². The Morgan fingerprint density at radius 1 is 1.00 bits per heavy atom. The van der Waals surface area contributed by atoms with Gasteiger partial charge in [-0.15, -0.1) is 0 Å². The number of benzene rings is 1. The highest BCUT2D eigenvalue weighted by atomic mass is 15.1. The second-order valence-corrected chi connectivity index (χ2v) is 5.63. The fourth-order valence-electron chi connectivity index (χ4n) is 2.66. The van der Waals surface area contributed by atoms with Gasteiger partial charge in [-0.25, -0.2) is 0 Å². The molecular weight excluding hydrogens is 220 g/mol. The van der Waals surface area contributed by atoms with E-state index in [9.17, 15) is 0 Å². The molecular formula is C16H26N2. The summed E-state index contributed by atoms with van der Waals surface area (Å²) in [5.41, 5.74) is 2.66. The van der Waals surface area contributed by atoms with Crippen molar-refractivity contribution in [2.24, 2.45) is 0 Å². The highest BCUT2D eigenvalue weighted by Crippen LogP contribution is 2.18. The molecule has 1 fully saturated rings. The zero-order chi connectivity index (χ0) is 12.8. The minimum absolute atomic E-state index is 0.737. The van der Waals surface area contributed by atoms with Crippen LogP contribution in [-0.2, 0) is 6.54 Å². The maximum Gasteiger partial charge on any atom is 0.0361 e. The summed E-state index contributed by atoms with van der Waals surface area (Å²) in [4.78, 5) is 2.14. The highest BCUT2D eigenvalue weighted by Gasteiger charge is 2.11. The van der Waals surface area contributed by atoms with E-state index in [2.05, 4.69) is 48.6 Å². The van der Waals surface area contributed by atoms with Gasteiger partial charge in [0.05, 0.1) is 0 Å². The first-order valence-electron chi connectivity index (χ1n) is 7.25. The van der Waals surface area contributed by atoms with Gasteiger partial charge >= 0.3 is 0 Å². The Labute approximate surface area is 111 Å². The summed E-state index contributed by atoms with van der Waals surface area (Å²) in [6.45, 7) is 1.01. The fraction of sp³-hybridized carbons (Fsp3) is 0.625. The molecule has 0 radical (unpaired) electrons. The first kappa shape index (κ1) is 13.4. The normalized spacial score (nSPS) is 17.4. The van der Waals surface area contributed by atoms with Crippen LogP contribution in [0.15, 0.2) is 24.3 Å². The van der Waals surface area contributed by atoms with Crippen molar-refractivity contribution in [3.05, 3.63) is 29.8 Å². The second kappa shape index (κ2) is 6.79. The molecule has 1 aliphatic rings. The third-order valence-corrected chi connectivity index (χ3v) is 3.90. The summed E-state index contributed by atoms with van der Waals surface area (Å²) < 4.78 is 0. The number of nitrogens with zero attached hydrogens (tertiary/aromatic N) is 1. The van der Waals surface area contributed by atoms with E-state index < -0.39 is 0 Å². The molecule has 1 aromatic carbocycles. The Bertz CT molecular complexity index is 335. The molecule has 0 amide bonds. The average Bonchev–Trinajstić information content (AvgIpc) is 2.65. The molecule has 1 saturated carbocycles. The van der Waals surface area contributed by atoms with Crippen molar-refractivity contribution < 1.29 is 0 Å². The second-order valence-electron chi connectivity index (χ2n) is 5.63. The van der Waals surface area contributed by atoms with Crippen LogP contribution in [0.3, 0.4) is 0 Å². The first-order valence-corrected chi connectivity index (χ1v) is 7.25. The Hall–Kier alpha value is -1.02. The Morgan fingerprint density at radius 3 is 2.17 bits per heavy atom. The van der Waals surface area contributed by atoms with Crippen molar-refractivity contribution in [3.63, 3.8) is 0 Å². The lowest BCUT2D eigenvalue weighted by Gasteiger charge is -2.17. The van der Waals surface area contributed by atoms with E-state index in [1.165, 1.54) is 49.8 Å². The molecule has 0 aliphatic heterocycles. The van der Waals surface area contributed by atoms with Crippen molar-refractivity contribution in [3.8, 4) is 0 Å². The molecule has 2 rings (SSSR count). The molecule has 0 atom stereocenters. The minimum atomic E-state index is 0.737. The predicted molar refractivity (Wildman–Crippen MR) is 79.1 cm³/mol. The van der Waals surface area contributed by atoms with Crippen LogP contribution in [-0.4, -0.2) is 20.1 Å². The molecule has 100 valence electrons. The number of nitrogens with one attached hydrogen (secondary N) is 1. The van der Waals surface area contributed by atoms with Gasteiger partial charge in [0.15, 0.2) is 0 Å². The fourth-order valence-corrected chi connectivity index (χ4v) is 2.66. The number of hydrogen-bond donors (Lipinski definition) is 1. The lowest BCUT2D eigenvalue weighted by atomic mass is 10.1. The van der Waals surface area contributed by atoms with Gasteiger partial charge in [-0.1, -0.05) is 37.8 Å². The summed E-state index contributed by atoms with van der Waals surface area (Å²) in [7, 11) is 4.16. The quantitative estimate of drug-likeness (QED) is 0.817. The van der Waals surface area contributed by atoms with Crippen molar-refractivity contribution in [2.75, 3.05) is 19.0 Å². The molecule has 0 saturated heterocycles. The number of hydrogen-bond acceptors (Lipinski definition) is 2. The van der Waals surface area contributed by atoms with Crippen molar-refractivity contribution in [1.82, 2.24) is 5.32 Å². The topological polar surface area (TPSA) is 15.3 Å². The minimum Gasteiger partial charge on any atom is -0.378 e. The van der Waals surface area contributed by atoms with E-state index in [4.69, 9.17) is 0 Å². The van der Waals surface area contributed by atoms with Crippen LogP contribution in [0.4, 0.5) is 5.69 Å². The van der Waals surface area contributed by atoms with Crippen LogP contribution in [0.5, 0.6) is 0 Å². The van der Waals surface area contributed by atoms with Crippen LogP contribution in [0.25, 0.3) is 0 Å². The standard InChI is InChI=1S/C16H26N2/c1-18(2)16-11-9-14(10-12-16)13-17-15-7-5-3-4-6-8-15/h9-12,15,17H,3-8,13H2,1-2H3. The smallest absolute Gasteiger partial charge is 0.0361 e. The zero-order valence-corrected chi connectivity index (χ0v) is 11.8. The molecule has 1 aromatic rings. The lowest BCUT2D eigenvalue weighted by Crippen LogP contribution is -2.27. The van der Waals surface area contributed by atoms with Gasteiger partial charge in [0, 0.05) is 32.4 Å². The molecule has 0 aromatic heterocycles. The third-order valence-electron chi connectivity index (χ3n) is 3.90. The van der Waals surface area contributed by atoms with E-state index in [-0.39, 0.29) is 0 Å². The van der Waals surface area contributed by atoms with E-state index in [1.807, 2.05) is 0 Å². The van der Waals surface area contributed by atoms with E-state index in [0.29, 0.717) is 0 Å². The summed E-state index contributed by atoms with van der Waals surface area (Å²) in [5.74, 6) is 0. The molecule has 0 bridgehead atoms. The Kier molecular flexibility index (Phi) is 5.06. The molecule has 0 spiro atoms. The van der Waals surface area contributed by atoms with E-state index in [1.54, 1.807) is 0 Å². The Morgan fingerprint density at radius 2 is 1.61 bits per heavy atom. The van der Waals surface area contributed by atoms with Gasteiger partial charge in [0.2, 0.25) is 0 Å². The van der Waals surface area contributed by atoms with Crippen molar-refractivity contribution in [2.45, 2.75) is 51.1 Å². The Balaban J connectivity index is 1.81. The van der Waals surface area contributed by atoms with Gasteiger partial charge in [0.25, 0.3) is 0 Å². The molecule has 2 heteroatoms. The molecule has 0 unspecified atom stereocenters. The molecule has 18 heavy (non-hydrogen) atoms. The summed E-state index contributed by atoms with van der Waals surface area (Å²) in [6, 6.07) is 9.60. The molecule has 1 aliphatic carbocycles. The SMILES string of the molecule is CN(C)c1ccc(CNC2CCCCCC2)cc1. The van der Waals surface area contributed by atoms with Crippen LogP contribution < -0.4 is 10.2 Å². The van der Waals surface area contributed by atoms with Crippen LogP contribution in [0, 0.1) is 0 Å². The van der Waals surface area contributed by atoms with E-state index >= 15 is 0 Å². The molecule has 1 N–H and O–H groups in total. The number of rotatable bonds is 4. The van der Waals surface area contributed by atoms with Crippen LogP contribution in [0.1, 0.15) is 44.1 Å². The van der Waals surface area contributed by atoms with Gasteiger partial charge in [0.1, 0.15) is 0 Å². The molecule has 0 heterocycles. The summed E-state index contributed by atoms with van der Waals surface area (Å²) in [6.07, 6.45) is 8.37. The summed E-state index contributed by atoms with van der Waals surface area (Å²) >= 11 is 0. The largest absolute Gasteiger partial charge is 0.378 e. The highest BCUT2D eigenvalue weighted by molar-refractivity contribution is 5.45. The van der Waals surface area contributed by atoms with Crippen molar-refractivity contribution in [1.29, 1.82) is 0 Å². The monoisotopic (exact) mass is 246 g/mol. The van der Waals surface area contributed by atoms with E-state index in [0.717, 1.165) is 12.6 Å². The van der Waals surface area contributed by atoms with Gasteiger partial charge < -0.3 is 10.2 Å². The van der Waals surface area contributed by atoms with Crippen molar-refractivity contribution >= 4 is 5.69 Å². The van der Waals surface area contributed by atoms with Crippen LogP contribution >= 0.6 is 0 Å². The average molecular weight is 246 g/mol. The van der Waals surface area contributed by atoms with Gasteiger partial charge in [-0.3, -0.25) is 0 Å². The predicted octanol–water partition coefficient (Wildman–Crippen LogP) is 3.57. The molecule has 2 nitrogen and oxygen atoms in total. The zero-order valence-electron chi connectivity index (χ0n) is 11.8. The third kappa shape index (κ3) is 4.02. The maximum absolute atomic E-state index is 3.71. The maximum atomic E-state index is 3.71. The summed E-state index contributed by atoms with van der Waals surface area (Å²) in [5, 5.41) is 3.71. The van der Waals surface area contributed by atoms with Crippen LogP contribution in [0.2, 0.25) is 0 Å². The first-order chi connectivity index (χ1) is 8.75. The number of anilines is 1.